The van der Waals surface area contributed by atoms with Gasteiger partial charge in [-0.15, -0.1) is 0 Å². The van der Waals surface area contributed by atoms with Gasteiger partial charge in [0.1, 0.15) is 11.4 Å². The van der Waals surface area contributed by atoms with Gasteiger partial charge in [0.25, 0.3) is 5.91 Å². The minimum Gasteiger partial charge on any atom is -0.496 e. The average molecular weight is 421 g/mol. The Morgan fingerprint density at radius 1 is 1.04 bits per heavy atom. The van der Waals surface area contributed by atoms with Crippen molar-refractivity contribution in [1.29, 1.82) is 0 Å². The van der Waals surface area contributed by atoms with Crippen LogP contribution in [0.5, 0.6) is 5.75 Å². The normalized spacial score (nSPS) is 10.4. The van der Waals surface area contributed by atoms with Gasteiger partial charge in [0, 0.05) is 5.56 Å². The van der Waals surface area contributed by atoms with E-state index in [9.17, 15) is 9.59 Å². The topological polar surface area (TPSA) is 90.7 Å². The van der Waals surface area contributed by atoms with Crippen molar-refractivity contribution >= 4 is 41.0 Å². The van der Waals surface area contributed by atoms with E-state index in [-0.39, 0.29) is 38.3 Å². The highest BCUT2D eigenvalue weighted by atomic mass is 35.5. The maximum atomic E-state index is 12.7. The van der Waals surface area contributed by atoms with E-state index >= 15 is 0 Å². The highest BCUT2D eigenvalue weighted by Gasteiger charge is 2.29. The number of hydrogen-bond donors (Lipinski definition) is 1. The number of anilines is 1. The average Bonchev–Trinajstić information content (AvgIpc) is 3.10. The lowest BCUT2D eigenvalue weighted by molar-refractivity contribution is 0.0602. The smallest absolute Gasteiger partial charge is 0.345 e. The second-order valence-corrected chi connectivity index (χ2v) is 6.29. The molecule has 1 heterocycles. The number of benzene rings is 2. The predicted molar refractivity (Wildman–Crippen MR) is 104 cm³/mol. The number of carbonyl (C=O) groups is 2. The second-order valence-electron chi connectivity index (χ2n) is 5.48. The van der Waals surface area contributed by atoms with Crippen molar-refractivity contribution in [2.45, 2.75) is 0 Å². The van der Waals surface area contributed by atoms with Crippen LogP contribution < -0.4 is 10.1 Å². The number of nitrogens with zero attached hydrogens (tertiary/aromatic N) is 1. The van der Waals surface area contributed by atoms with Crippen molar-refractivity contribution in [3.8, 4) is 17.0 Å². The van der Waals surface area contributed by atoms with Crippen LogP contribution in [0.25, 0.3) is 11.3 Å². The molecular formula is C19H14Cl2N2O5. The van der Waals surface area contributed by atoms with Crippen LogP contribution in [0.1, 0.15) is 20.7 Å². The van der Waals surface area contributed by atoms with Crippen LogP contribution >= 0.6 is 23.2 Å². The SMILES string of the molecule is COC(=O)c1c(-c2c(Cl)cccc2Cl)noc1NC(=O)c1ccccc1OC. The summed E-state index contributed by atoms with van der Waals surface area (Å²) in [6, 6.07) is 11.4. The number of methoxy groups -OCH3 is 2. The summed E-state index contributed by atoms with van der Waals surface area (Å²) in [5.74, 6) is -1.18. The quantitative estimate of drug-likeness (QED) is 0.601. The summed E-state index contributed by atoms with van der Waals surface area (Å²) in [6.45, 7) is 0. The molecule has 0 fully saturated rings. The van der Waals surface area contributed by atoms with E-state index in [1.807, 2.05) is 0 Å². The largest absolute Gasteiger partial charge is 0.496 e. The van der Waals surface area contributed by atoms with Gasteiger partial charge in [-0.3, -0.25) is 10.1 Å². The van der Waals surface area contributed by atoms with Crippen molar-refractivity contribution in [2.24, 2.45) is 0 Å². The van der Waals surface area contributed by atoms with Crippen molar-refractivity contribution in [2.75, 3.05) is 19.5 Å². The third kappa shape index (κ3) is 3.67. The molecule has 3 rings (SSSR count). The standard InChI is InChI=1S/C19H14Cl2N2O5/c1-26-13-9-4-3-6-10(13)17(24)22-18-15(19(25)27-2)16(23-28-18)14-11(20)7-5-8-12(14)21/h3-9H,1-2H3,(H,22,24). The summed E-state index contributed by atoms with van der Waals surface area (Å²) in [4.78, 5) is 25.0. The molecule has 1 aromatic heterocycles. The Hall–Kier alpha value is -3.03. The summed E-state index contributed by atoms with van der Waals surface area (Å²) < 4.78 is 15.2. The van der Waals surface area contributed by atoms with Crippen molar-refractivity contribution < 1.29 is 23.6 Å². The summed E-state index contributed by atoms with van der Waals surface area (Å²) in [5, 5.41) is 6.90. The number of para-hydroxylation sites is 1. The van der Waals surface area contributed by atoms with Crippen molar-refractivity contribution in [3.05, 3.63) is 63.6 Å². The first-order valence-electron chi connectivity index (χ1n) is 7.94. The Bertz CT molecular complexity index is 1030. The predicted octanol–water partition coefficient (Wildman–Crippen LogP) is 4.70. The molecule has 144 valence electrons. The fourth-order valence-corrected chi connectivity index (χ4v) is 3.14. The lowest BCUT2D eigenvalue weighted by Gasteiger charge is -2.08. The fraction of sp³-hybridized carbons (Fsp3) is 0.105. The minimum absolute atomic E-state index is 0.0535. The van der Waals surface area contributed by atoms with Crippen LogP contribution in [-0.2, 0) is 4.74 Å². The van der Waals surface area contributed by atoms with Crippen LogP contribution in [0, 0.1) is 0 Å². The number of amides is 1. The Morgan fingerprint density at radius 3 is 2.36 bits per heavy atom. The first-order valence-corrected chi connectivity index (χ1v) is 8.70. The molecule has 2 aromatic carbocycles. The minimum atomic E-state index is -0.775. The number of carbonyl (C=O) groups excluding carboxylic acids is 2. The van der Waals surface area contributed by atoms with Crippen molar-refractivity contribution in [3.63, 3.8) is 0 Å². The summed E-state index contributed by atoms with van der Waals surface area (Å²) in [7, 11) is 2.64. The number of ether oxygens (including phenoxy) is 2. The van der Waals surface area contributed by atoms with Crippen LogP contribution in [-0.4, -0.2) is 31.3 Å². The Labute approximate surface area is 170 Å². The molecule has 1 amide bonds. The Kier molecular flexibility index (Phi) is 5.87. The van der Waals surface area contributed by atoms with Crippen LogP contribution in [0.2, 0.25) is 10.0 Å². The van der Waals surface area contributed by atoms with Gasteiger partial charge in [0.2, 0.25) is 5.88 Å². The molecule has 9 heteroatoms. The first-order chi connectivity index (χ1) is 13.5. The second kappa shape index (κ2) is 8.33. The Balaban J connectivity index is 2.07. The molecule has 0 unspecified atom stereocenters. The summed E-state index contributed by atoms with van der Waals surface area (Å²) >= 11 is 12.4. The van der Waals surface area contributed by atoms with Gasteiger partial charge >= 0.3 is 5.97 Å². The van der Waals surface area contributed by atoms with Gasteiger partial charge in [-0.1, -0.05) is 46.6 Å². The lowest BCUT2D eigenvalue weighted by atomic mass is 10.1. The number of halogens is 2. The lowest BCUT2D eigenvalue weighted by Crippen LogP contribution is -2.15. The monoisotopic (exact) mass is 420 g/mol. The van der Waals surface area contributed by atoms with Crippen LogP contribution in [0.3, 0.4) is 0 Å². The number of rotatable bonds is 5. The van der Waals surface area contributed by atoms with E-state index in [1.165, 1.54) is 14.2 Å². The molecule has 0 aliphatic rings. The molecule has 0 bridgehead atoms. The van der Waals surface area contributed by atoms with E-state index in [1.54, 1.807) is 42.5 Å². The molecule has 0 atom stereocenters. The third-order valence-electron chi connectivity index (χ3n) is 3.86. The zero-order valence-corrected chi connectivity index (χ0v) is 16.3. The number of nitrogens with one attached hydrogen (secondary N) is 1. The van der Waals surface area contributed by atoms with Gasteiger partial charge in [-0.25, -0.2) is 4.79 Å². The molecule has 0 spiro atoms. The van der Waals surface area contributed by atoms with E-state index in [0.29, 0.717) is 5.75 Å². The highest BCUT2D eigenvalue weighted by Crippen LogP contribution is 2.38. The fourth-order valence-electron chi connectivity index (χ4n) is 2.56. The molecule has 0 radical (unpaired) electrons. The summed E-state index contributed by atoms with van der Waals surface area (Å²) in [5.41, 5.74) is 0.473. The molecule has 0 saturated heterocycles. The van der Waals surface area contributed by atoms with E-state index in [4.69, 9.17) is 37.2 Å². The zero-order chi connectivity index (χ0) is 20.3. The molecule has 7 nitrogen and oxygen atoms in total. The molecule has 0 aliphatic carbocycles. The van der Waals surface area contributed by atoms with Gasteiger partial charge in [-0.2, -0.15) is 0 Å². The number of esters is 1. The maximum absolute atomic E-state index is 12.7. The first kappa shape index (κ1) is 19.7. The van der Waals surface area contributed by atoms with Crippen LogP contribution in [0.15, 0.2) is 47.0 Å². The molecule has 28 heavy (non-hydrogen) atoms. The Morgan fingerprint density at radius 2 is 1.71 bits per heavy atom. The van der Waals surface area contributed by atoms with E-state index in [2.05, 4.69) is 10.5 Å². The van der Waals surface area contributed by atoms with E-state index < -0.39 is 11.9 Å². The van der Waals surface area contributed by atoms with Crippen molar-refractivity contribution in [1.82, 2.24) is 5.16 Å². The third-order valence-corrected chi connectivity index (χ3v) is 4.49. The van der Waals surface area contributed by atoms with Gasteiger partial charge in [-0.05, 0) is 24.3 Å². The molecule has 0 saturated carbocycles. The molecule has 0 aliphatic heterocycles. The van der Waals surface area contributed by atoms with Crippen LogP contribution in [0.4, 0.5) is 5.88 Å². The highest BCUT2D eigenvalue weighted by molar-refractivity contribution is 6.39. The maximum Gasteiger partial charge on any atom is 0.345 e. The molecule has 1 N–H and O–H groups in total. The van der Waals surface area contributed by atoms with Gasteiger partial charge in [0.05, 0.1) is 29.8 Å². The van der Waals surface area contributed by atoms with E-state index in [0.717, 1.165) is 0 Å². The zero-order valence-electron chi connectivity index (χ0n) is 14.8. The van der Waals surface area contributed by atoms with Gasteiger partial charge < -0.3 is 14.0 Å². The molecular weight excluding hydrogens is 407 g/mol. The molecule has 3 aromatic rings. The number of hydrogen-bond acceptors (Lipinski definition) is 6. The number of aromatic nitrogens is 1. The van der Waals surface area contributed by atoms with Gasteiger partial charge in [0.15, 0.2) is 5.56 Å². The summed E-state index contributed by atoms with van der Waals surface area (Å²) in [6.07, 6.45) is 0.